The van der Waals surface area contributed by atoms with Gasteiger partial charge in [0.1, 0.15) is 0 Å². The number of hydrogen-bond acceptors (Lipinski definition) is 0. The zero-order valence-electron chi connectivity index (χ0n) is 17.3. The average Bonchev–Trinajstić information content (AvgIpc) is 3.19. The zero-order valence-corrected chi connectivity index (χ0v) is 21.3. The Bertz CT molecular complexity index is 813. The molecule has 3 aromatic rings. The van der Waals surface area contributed by atoms with Crippen LogP contribution in [0.4, 0.5) is 0 Å². The fourth-order valence-electron chi connectivity index (χ4n) is 3.35. The molecular formula is C25H28Cl2Zr-2. The molecule has 0 radical (unpaired) electrons. The summed E-state index contributed by atoms with van der Waals surface area (Å²) in [5.74, 6) is 0. The van der Waals surface area contributed by atoms with Gasteiger partial charge in [0.25, 0.3) is 0 Å². The van der Waals surface area contributed by atoms with E-state index in [0.717, 1.165) is 6.42 Å². The predicted molar refractivity (Wildman–Crippen MR) is 111 cm³/mol. The SMILES string of the molecule is C[CH]=[Zr+2].Cc1ccc[c-]1C(C)(C)C.[Cl-].[Cl-].[c-]1cccc2c1Cc1ccccc1-2. The molecule has 0 unspecified atom stereocenters. The van der Waals surface area contributed by atoms with E-state index in [2.05, 4.69) is 92.1 Å². The third kappa shape index (κ3) is 7.18. The Hall–Kier alpha value is -0.877. The summed E-state index contributed by atoms with van der Waals surface area (Å²) in [4.78, 5) is 0. The summed E-state index contributed by atoms with van der Waals surface area (Å²) in [6.07, 6.45) is 1.05. The van der Waals surface area contributed by atoms with Crippen molar-refractivity contribution in [2.45, 2.75) is 46.5 Å². The molecule has 4 rings (SSSR count). The summed E-state index contributed by atoms with van der Waals surface area (Å²) in [5.41, 5.74) is 8.70. The van der Waals surface area contributed by atoms with E-state index < -0.39 is 0 Å². The predicted octanol–water partition coefficient (Wildman–Crippen LogP) is 0.433. The van der Waals surface area contributed by atoms with Gasteiger partial charge < -0.3 is 24.8 Å². The van der Waals surface area contributed by atoms with Crippen molar-refractivity contribution in [1.82, 2.24) is 0 Å². The van der Waals surface area contributed by atoms with E-state index in [1.165, 1.54) is 57.6 Å². The third-order valence-electron chi connectivity index (χ3n) is 4.46. The number of fused-ring (bicyclic) bond motifs is 3. The van der Waals surface area contributed by atoms with Gasteiger partial charge in [-0.15, -0.1) is 11.1 Å². The fraction of sp³-hybridized carbons (Fsp3) is 0.280. The minimum absolute atomic E-state index is 0. The van der Waals surface area contributed by atoms with Crippen LogP contribution < -0.4 is 24.8 Å². The Morgan fingerprint density at radius 3 is 2.11 bits per heavy atom. The van der Waals surface area contributed by atoms with Crippen molar-refractivity contribution in [3.05, 3.63) is 89.0 Å². The maximum Gasteiger partial charge on any atom is -0.0253 e. The second-order valence-corrected chi connectivity index (χ2v) is 8.98. The summed E-state index contributed by atoms with van der Waals surface area (Å²) in [7, 11) is 0. The van der Waals surface area contributed by atoms with Crippen LogP contribution in [0, 0.1) is 13.0 Å². The van der Waals surface area contributed by atoms with E-state index in [-0.39, 0.29) is 24.8 Å². The summed E-state index contributed by atoms with van der Waals surface area (Å²) in [6, 6.07) is 24.6. The zero-order chi connectivity index (χ0) is 19.2. The first-order valence-corrected chi connectivity index (χ1v) is 10.6. The summed E-state index contributed by atoms with van der Waals surface area (Å²) in [5, 5.41) is 0. The molecule has 1 aliphatic rings. The summed E-state index contributed by atoms with van der Waals surface area (Å²) < 4.78 is 2.09. The van der Waals surface area contributed by atoms with Crippen LogP contribution in [0.1, 0.15) is 49.9 Å². The van der Waals surface area contributed by atoms with E-state index in [4.69, 9.17) is 0 Å². The van der Waals surface area contributed by atoms with Crippen molar-refractivity contribution in [3.63, 3.8) is 0 Å². The van der Waals surface area contributed by atoms with Crippen molar-refractivity contribution in [2.24, 2.45) is 0 Å². The topological polar surface area (TPSA) is 0 Å². The molecule has 0 N–H and O–H groups in total. The van der Waals surface area contributed by atoms with Gasteiger partial charge in [-0.25, -0.2) is 12.1 Å². The van der Waals surface area contributed by atoms with Crippen LogP contribution in [-0.4, -0.2) is 3.71 Å². The molecule has 0 saturated carbocycles. The Balaban J connectivity index is 0.000000442. The molecule has 28 heavy (non-hydrogen) atoms. The van der Waals surface area contributed by atoms with Crippen LogP contribution >= 0.6 is 0 Å². The molecular weight excluding hydrogens is 462 g/mol. The van der Waals surface area contributed by atoms with Crippen LogP contribution in [0.15, 0.2) is 60.7 Å². The van der Waals surface area contributed by atoms with Gasteiger partial charge in [-0.1, -0.05) is 68.5 Å². The van der Waals surface area contributed by atoms with E-state index in [1.54, 1.807) is 0 Å². The van der Waals surface area contributed by atoms with Gasteiger partial charge in [0, 0.05) is 0 Å². The van der Waals surface area contributed by atoms with Gasteiger partial charge in [-0.3, -0.25) is 0 Å². The Morgan fingerprint density at radius 1 is 0.964 bits per heavy atom. The van der Waals surface area contributed by atoms with Gasteiger partial charge in [0.15, 0.2) is 0 Å². The third-order valence-corrected chi connectivity index (χ3v) is 4.46. The molecule has 0 heterocycles. The molecule has 0 saturated heterocycles. The Kier molecular flexibility index (Phi) is 12.2. The largest absolute Gasteiger partial charge is 1.00 e. The van der Waals surface area contributed by atoms with Crippen LogP contribution in [0.5, 0.6) is 0 Å². The summed E-state index contributed by atoms with van der Waals surface area (Å²) in [6.45, 7) is 10.9. The minimum Gasteiger partial charge on any atom is -1.00 e. The second kappa shape index (κ2) is 12.6. The maximum absolute atomic E-state index is 3.30. The number of hydrogen-bond donors (Lipinski definition) is 0. The standard InChI is InChI=1S/C13H9.C10H15.C2H4.2ClH.Zr/c1-3-7-12-10(5-1)9-11-6-2-4-8-13(11)12;1-8-6-5-7-9(8)10(2,3)4;1-2;;;/h1-5,7-8H,9H2;5-7H,1-4H3;1H,2H3;2*1H;/q2*-1;;;;+2/p-2. The molecule has 0 aliphatic heterocycles. The number of halogens is 2. The maximum atomic E-state index is 3.30. The first-order chi connectivity index (χ1) is 12.4. The van der Waals surface area contributed by atoms with E-state index in [0.29, 0.717) is 5.41 Å². The van der Waals surface area contributed by atoms with Crippen LogP contribution in [-0.2, 0) is 36.1 Å². The van der Waals surface area contributed by atoms with Crippen molar-refractivity contribution in [2.75, 3.05) is 0 Å². The molecule has 0 atom stereocenters. The van der Waals surface area contributed by atoms with Crippen LogP contribution in [0.2, 0.25) is 0 Å². The van der Waals surface area contributed by atoms with E-state index >= 15 is 0 Å². The molecule has 1 aliphatic carbocycles. The smallest absolute Gasteiger partial charge is 0.0253 e. The Morgan fingerprint density at radius 2 is 1.57 bits per heavy atom. The fourth-order valence-corrected chi connectivity index (χ4v) is 3.35. The van der Waals surface area contributed by atoms with Crippen molar-refractivity contribution < 1.29 is 49.0 Å². The molecule has 0 aromatic heterocycles. The number of rotatable bonds is 0. The van der Waals surface area contributed by atoms with E-state index in [9.17, 15) is 0 Å². The van der Waals surface area contributed by atoms with Gasteiger partial charge >= 0.3 is 34.9 Å². The average molecular weight is 491 g/mol. The molecule has 3 aromatic carbocycles. The monoisotopic (exact) mass is 488 g/mol. The number of benzene rings is 2. The van der Waals surface area contributed by atoms with E-state index in [1.807, 2.05) is 13.0 Å². The normalized spacial score (nSPS) is 10.5. The first-order valence-electron chi connectivity index (χ1n) is 9.14. The minimum atomic E-state index is 0. The molecule has 148 valence electrons. The number of aryl methyl sites for hydroxylation is 1. The van der Waals surface area contributed by atoms with Gasteiger partial charge in [0.2, 0.25) is 0 Å². The van der Waals surface area contributed by atoms with Crippen molar-refractivity contribution in [3.8, 4) is 11.1 Å². The second-order valence-electron chi connectivity index (χ2n) is 7.56. The molecule has 3 heteroatoms. The first kappa shape index (κ1) is 27.1. The van der Waals surface area contributed by atoms with Gasteiger partial charge in [0.05, 0.1) is 0 Å². The molecule has 0 nitrogen and oxygen atoms in total. The Labute approximate surface area is 198 Å². The van der Waals surface area contributed by atoms with Gasteiger partial charge in [-0.05, 0) is 6.42 Å². The van der Waals surface area contributed by atoms with Crippen LogP contribution in [0.25, 0.3) is 11.1 Å². The summed E-state index contributed by atoms with van der Waals surface area (Å²) >= 11 is 1.51. The van der Waals surface area contributed by atoms with Crippen molar-refractivity contribution >= 4 is 3.71 Å². The van der Waals surface area contributed by atoms with Crippen LogP contribution in [0.3, 0.4) is 0 Å². The quantitative estimate of drug-likeness (QED) is 0.314. The molecule has 0 bridgehead atoms. The molecule has 0 amide bonds. The molecule has 0 fully saturated rings. The van der Waals surface area contributed by atoms with Crippen molar-refractivity contribution in [1.29, 1.82) is 0 Å². The molecule has 0 spiro atoms. The van der Waals surface area contributed by atoms with Gasteiger partial charge in [-0.2, -0.15) is 41.5 Å².